The number of carbonyl (C=O) groups excluding carboxylic acids is 1. The molecule has 1 aliphatic heterocycles. The van der Waals surface area contributed by atoms with Crippen molar-refractivity contribution >= 4 is 45.5 Å². The number of benzene rings is 3. The van der Waals surface area contributed by atoms with Crippen molar-refractivity contribution < 1.29 is 22.1 Å². The molecule has 4 rings (SSSR count). The van der Waals surface area contributed by atoms with Gasteiger partial charge >= 0.3 is 16.1 Å². The maximum Gasteiger partial charge on any atom is 0.339 e. The van der Waals surface area contributed by atoms with Crippen molar-refractivity contribution in [1.82, 2.24) is 10.7 Å². The highest BCUT2D eigenvalue weighted by molar-refractivity contribution is 7.99. The molecule has 12 heteroatoms. The van der Waals surface area contributed by atoms with Crippen LogP contribution in [0.5, 0.6) is 11.5 Å². The van der Waals surface area contributed by atoms with E-state index >= 15 is 0 Å². The Morgan fingerprint density at radius 2 is 1.82 bits per heavy atom. The molecule has 0 spiro atoms. The molecular formula is C26H29N5O5S2. The number of thioether (sulfide) groups is 1. The predicted molar refractivity (Wildman–Crippen MR) is 150 cm³/mol. The maximum absolute atomic E-state index is 12.6. The zero-order valence-electron chi connectivity index (χ0n) is 21.1. The van der Waals surface area contributed by atoms with E-state index in [1.807, 2.05) is 25.1 Å². The Bertz CT molecular complexity index is 1430. The summed E-state index contributed by atoms with van der Waals surface area (Å²) in [6.45, 7) is 4.01. The number of urea groups is 1. The predicted octanol–water partition coefficient (Wildman–Crippen LogP) is 4.73. The van der Waals surface area contributed by atoms with E-state index in [4.69, 9.17) is 8.92 Å². The van der Waals surface area contributed by atoms with Crippen LogP contribution in [0.4, 0.5) is 16.2 Å². The van der Waals surface area contributed by atoms with Crippen LogP contribution in [0, 0.1) is 6.92 Å². The van der Waals surface area contributed by atoms with Crippen molar-refractivity contribution in [3.8, 4) is 11.5 Å². The molecule has 38 heavy (non-hydrogen) atoms. The molecule has 0 aromatic heterocycles. The average molecular weight is 556 g/mol. The summed E-state index contributed by atoms with van der Waals surface area (Å²) in [5.74, 6) is 1.27. The SMILES string of the molecule is CCCSc1ccc2c(c1)NC(NC(=O)NN=Cc1ccc(OS(=O)(=O)c3ccc(C)cc3)c(OC)c1)N2. The summed E-state index contributed by atoms with van der Waals surface area (Å²) < 4.78 is 35.8. The van der Waals surface area contributed by atoms with Crippen molar-refractivity contribution in [1.29, 1.82) is 0 Å². The molecule has 3 aromatic carbocycles. The first-order valence-corrected chi connectivity index (χ1v) is 14.3. The van der Waals surface area contributed by atoms with Crippen molar-refractivity contribution in [2.45, 2.75) is 36.3 Å². The van der Waals surface area contributed by atoms with Gasteiger partial charge in [0, 0.05) is 4.90 Å². The number of nitrogens with one attached hydrogen (secondary N) is 4. The van der Waals surface area contributed by atoms with E-state index in [9.17, 15) is 13.2 Å². The second kappa shape index (κ2) is 12.1. The van der Waals surface area contributed by atoms with E-state index in [1.165, 1.54) is 31.5 Å². The number of hydrazone groups is 1. The molecule has 0 aliphatic carbocycles. The van der Waals surface area contributed by atoms with Crippen LogP contribution in [0.2, 0.25) is 0 Å². The number of ether oxygens (including phenoxy) is 1. The molecule has 10 nitrogen and oxygen atoms in total. The second-order valence-electron chi connectivity index (χ2n) is 8.38. The summed E-state index contributed by atoms with van der Waals surface area (Å²) in [7, 11) is -2.63. The average Bonchev–Trinajstić information content (AvgIpc) is 3.29. The highest BCUT2D eigenvalue weighted by atomic mass is 32.2. The molecule has 3 aromatic rings. The molecule has 4 N–H and O–H groups in total. The van der Waals surface area contributed by atoms with Gasteiger partial charge in [0.2, 0.25) is 0 Å². The molecule has 1 heterocycles. The maximum atomic E-state index is 12.6. The molecule has 0 saturated heterocycles. The van der Waals surface area contributed by atoms with Crippen molar-refractivity contribution in [3.05, 3.63) is 71.8 Å². The third kappa shape index (κ3) is 6.90. The first-order valence-electron chi connectivity index (χ1n) is 11.9. The lowest BCUT2D eigenvalue weighted by Crippen LogP contribution is -2.46. The quantitative estimate of drug-likeness (QED) is 0.122. The summed E-state index contributed by atoms with van der Waals surface area (Å²) in [6, 6.07) is 16.5. The molecule has 1 aliphatic rings. The summed E-state index contributed by atoms with van der Waals surface area (Å²) in [4.78, 5) is 13.5. The fraction of sp³-hybridized carbons (Fsp3) is 0.231. The van der Waals surface area contributed by atoms with Gasteiger partial charge in [0.25, 0.3) is 0 Å². The Labute approximate surface area is 226 Å². The third-order valence-corrected chi connectivity index (χ3v) is 7.86. The largest absolute Gasteiger partial charge is 0.493 e. The number of carbonyl (C=O) groups is 1. The normalized spacial score (nSPS) is 14.3. The topological polar surface area (TPSA) is 130 Å². The Kier molecular flexibility index (Phi) is 8.64. The number of nitrogens with zero attached hydrogens (tertiary/aromatic N) is 1. The van der Waals surface area contributed by atoms with Crippen LogP contribution in [0.1, 0.15) is 24.5 Å². The van der Waals surface area contributed by atoms with Crippen LogP contribution in [-0.2, 0) is 10.1 Å². The smallest absolute Gasteiger partial charge is 0.339 e. The van der Waals surface area contributed by atoms with Gasteiger partial charge in [0.1, 0.15) is 4.90 Å². The lowest BCUT2D eigenvalue weighted by atomic mass is 10.2. The molecular weight excluding hydrogens is 526 g/mol. The molecule has 2 amide bonds. The fourth-order valence-corrected chi connectivity index (χ4v) is 5.28. The van der Waals surface area contributed by atoms with E-state index < -0.39 is 22.4 Å². The van der Waals surface area contributed by atoms with Crippen LogP contribution < -0.4 is 30.3 Å². The van der Waals surface area contributed by atoms with Crippen LogP contribution in [0.15, 0.2) is 75.6 Å². The zero-order valence-corrected chi connectivity index (χ0v) is 22.8. The van der Waals surface area contributed by atoms with Gasteiger partial charge in [-0.2, -0.15) is 13.5 Å². The zero-order chi connectivity index (χ0) is 27.1. The van der Waals surface area contributed by atoms with E-state index in [0.29, 0.717) is 5.56 Å². The fourth-order valence-electron chi connectivity index (χ4n) is 3.53. The van der Waals surface area contributed by atoms with Gasteiger partial charge in [-0.25, -0.2) is 10.2 Å². The van der Waals surface area contributed by atoms with Gasteiger partial charge in [-0.15, -0.1) is 11.8 Å². The van der Waals surface area contributed by atoms with Crippen molar-refractivity contribution in [2.24, 2.45) is 5.10 Å². The molecule has 0 saturated carbocycles. The van der Waals surface area contributed by atoms with Gasteiger partial charge in [-0.05, 0) is 73.2 Å². The van der Waals surface area contributed by atoms with Gasteiger partial charge in [0.05, 0.1) is 24.7 Å². The van der Waals surface area contributed by atoms with Gasteiger partial charge in [-0.3, -0.25) is 5.32 Å². The summed E-state index contributed by atoms with van der Waals surface area (Å²) in [5.41, 5.74) is 5.72. The van der Waals surface area contributed by atoms with Crippen molar-refractivity contribution in [2.75, 3.05) is 23.5 Å². The highest BCUT2D eigenvalue weighted by Gasteiger charge is 2.21. The minimum Gasteiger partial charge on any atom is -0.493 e. The number of fused-ring (bicyclic) bond motifs is 1. The van der Waals surface area contributed by atoms with Crippen molar-refractivity contribution in [3.63, 3.8) is 0 Å². The summed E-state index contributed by atoms with van der Waals surface area (Å²) >= 11 is 1.78. The number of hydrogen-bond acceptors (Lipinski definition) is 9. The molecule has 0 fully saturated rings. The number of amides is 2. The van der Waals surface area contributed by atoms with Crippen LogP contribution in [0.3, 0.4) is 0 Å². The number of aryl methyl sites for hydroxylation is 1. The van der Waals surface area contributed by atoms with E-state index in [-0.39, 0.29) is 16.4 Å². The first kappa shape index (κ1) is 27.1. The third-order valence-electron chi connectivity index (χ3n) is 5.42. The molecule has 1 unspecified atom stereocenters. The van der Waals surface area contributed by atoms with Crippen LogP contribution >= 0.6 is 11.8 Å². The standard InChI is InChI=1S/C26H29N5O5S2/c1-4-13-37-19-8-11-21-22(15-19)29-25(28-21)30-26(32)31-27-16-18-7-12-23(24(14-18)35-3)36-38(33,34)20-9-5-17(2)6-10-20/h5-12,14-16,25,28-29H,4,13H2,1-3H3,(H2,30,31,32). The first-order chi connectivity index (χ1) is 18.3. The summed E-state index contributed by atoms with van der Waals surface area (Å²) in [5, 5.41) is 13.1. The Morgan fingerprint density at radius 1 is 1.05 bits per heavy atom. The van der Waals surface area contributed by atoms with Gasteiger partial charge < -0.3 is 19.6 Å². The van der Waals surface area contributed by atoms with Crippen LogP contribution in [-0.4, -0.2) is 39.8 Å². The second-order valence-corrected chi connectivity index (χ2v) is 11.1. The molecule has 200 valence electrons. The molecule has 1 atom stereocenters. The Hall–Kier alpha value is -3.90. The van der Waals surface area contributed by atoms with Gasteiger partial charge in [0.15, 0.2) is 17.8 Å². The molecule has 0 bridgehead atoms. The minimum absolute atomic E-state index is 0.0325. The Morgan fingerprint density at radius 3 is 2.55 bits per heavy atom. The summed E-state index contributed by atoms with van der Waals surface area (Å²) in [6.07, 6.45) is 2.01. The number of rotatable bonds is 10. The lowest BCUT2D eigenvalue weighted by Gasteiger charge is -2.13. The Balaban J connectivity index is 1.32. The van der Waals surface area contributed by atoms with E-state index in [2.05, 4.69) is 33.4 Å². The van der Waals surface area contributed by atoms with E-state index in [0.717, 1.165) is 34.0 Å². The highest BCUT2D eigenvalue weighted by Crippen LogP contribution is 2.33. The van der Waals surface area contributed by atoms with Crippen LogP contribution in [0.25, 0.3) is 0 Å². The number of anilines is 2. The monoisotopic (exact) mass is 555 g/mol. The minimum atomic E-state index is -4.03. The molecule has 0 radical (unpaired) electrons. The van der Waals surface area contributed by atoms with Gasteiger partial charge in [-0.1, -0.05) is 24.6 Å². The number of hydrogen-bond donors (Lipinski definition) is 4. The lowest BCUT2D eigenvalue weighted by molar-refractivity contribution is 0.240. The van der Waals surface area contributed by atoms with E-state index in [1.54, 1.807) is 36.0 Å². The number of methoxy groups -OCH3 is 1.